The van der Waals surface area contributed by atoms with Gasteiger partial charge in [-0.15, -0.1) is 0 Å². The lowest BCUT2D eigenvalue weighted by molar-refractivity contribution is 0.194. The smallest absolute Gasteiger partial charge is 0.244 e. The van der Waals surface area contributed by atoms with Gasteiger partial charge in [-0.3, -0.25) is 4.90 Å². The summed E-state index contributed by atoms with van der Waals surface area (Å²) in [5.74, 6) is 0.368. The molecule has 1 aliphatic rings. The molecular weight excluding hydrogens is 336 g/mol. The molecule has 2 N–H and O–H groups in total. The number of rotatable bonds is 6. The SMILES string of the molecule is CNc1ncccc1S(=O)(=O)NC1CCCN(Cc2ccccc2)C1. The van der Waals surface area contributed by atoms with Crippen molar-refractivity contribution in [3.8, 4) is 0 Å². The van der Waals surface area contributed by atoms with E-state index in [4.69, 9.17) is 0 Å². The standard InChI is InChI=1S/C18H24N4O2S/c1-19-18-17(10-5-11-20-18)25(23,24)21-16-9-6-12-22(14-16)13-15-7-3-2-4-8-15/h2-5,7-8,10-11,16,21H,6,9,12-14H2,1H3,(H,19,20). The normalized spacial score (nSPS) is 18.8. The van der Waals surface area contributed by atoms with E-state index in [1.807, 2.05) is 18.2 Å². The van der Waals surface area contributed by atoms with E-state index in [2.05, 4.69) is 32.1 Å². The molecule has 3 rings (SSSR count). The summed E-state index contributed by atoms with van der Waals surface area (Å²) >= 11 is 0. The largest absolute Gasteiger partial charge is 0.372 e. The first kappa shape index (κ1) is 17.8. The molecule has 1 saturated heterocycles. The van der Waals surface area contributed by atoms with E-state index in [9.17, 15) is 8.42 Å². The van der Waals surface area contributed by atoms with Gasteiger partial charge < -0.3 is 5.32 Å². The maximum absolute atomic E-state index is 12.7. The van der Waals surface area contributed by atoms with Crippen molar-refractivity contribution < 1.29 is 8.42 Å². The second-order valence-corrected chi connectivity index (χ2v) is 7.96. The molecule has 1 aromatic heterocycles. The fourth-order valence-corrected chi connectivity index (χ4v) is 4.64. The van der Waals surface area contributed by atoms with Crippen LogP contribution in [0.5, 0.6) is 0 Å². The molecule has 1 aliphatic heterocycles. The highest BCUT2D eigenvalue weighted by Crippen LogP contribution is 2.20. The number of hydrogen-bond donors (Lipinski definition) is 2. The average molecular weight is 360 g/mol. The zero-order valence-electron chi connectivity index (χ0n) is 14.4. The fraction of sp³-hybridized carbons (Fsp3) is 0.389. The third-order valence-corrected chi connectivity index (χ3v) is 5.93. The molecule has 0 spiro atoms. The summed E-state index contributed by atoms with van der Waals surface area (Å²) in [5.41, 5.74) is 1.25. The van der Waals surface area contributed by atoms with E-state index >= 15 is 0 Å². The van der Waals surface area contributed by atoms with Gasteiger partial charge in [-0.1, -0.05) is 30.3 Å². The number of aromatic nitrogens is 1. The number of sulfonamides is 1. The number of hydrogen-bond acceptors (Lipinski definition) is 5. The molecule has 6 nitrogen and oxygen atoms in total. The van der Waals surface area contributed by atoms with Crippen LogP contribution in [0.4, 0.5) is 5.82 Å². The minimum Gasteiger partial charge on any atom is -0.372 e. The van der Waals surface area contributed by atoms with Crippen molar-refractivity contribution in [3.05, 3.63) is 54.2 Å². The van der Waals surface area contributed by atoms with Crippen LogP contribution in [0, 0.1) is 0 Å². The number of benzene rings is 1. The molecule has 0 saturated carbocycles. The monoisotopic (exact) mass is 360 g/mol. The van der Waals surface area contributed by atoms with Crippen LogP contribution in [0.15, 0.2) is 53.6 Å². The van der Waals surface area contributed by atoms with Gasteiger partial charge in [-0.25, -0.2) is 18.1 Å². The van der Waals surface area contributed by atoms with Crippen LogP contribution in [0.3, 0.4) is 0 Å². The average Bonchev–Trinajstić information content (AvgIpc) is 2.62. The van der Waals surface area contributed by atoms with Gasteiger partial charge in [0.1, 0.15) is 10.7 Å². The van der Waals surface area contributed by atoms with Gasteiger partial charge in [-0.05, 0) is 37.1 Å². The summed E-state index contributed by atoms with van der Waals surface area (Å²) in [6.45, 7) is 2.54. The summed E-state index contributed by atoms with van der Waals surface area (Å²) in [6, 6.07) is 13.4. The maximum atomic E-state index is 12.7. The van der Waals surface area contributed by atoms with Gasteiger partial charge in [0.25, 0.3) is 0 Å². The third-order valence-electron chi connectivity index (χ3n) is 4.37. The Kier molecular flexibility index (Phi) is 5.67. The summed E-state index contributed by atoms with van der Waals surface area (Å²) in [5, 5.41) is 2.84. The van der Waals surface area contributed by atoms with Crippen LogP contribution in [-0.2, 0) is 16.6 Å². The van der Waals surface area contributed by atoms with Gasteiger partial charge in [0.05, 0.1) is 0 Å². The molecule has 0 bridgehead atoms. The van der Waals surface area contributed by atoms with Crippen molar-refractivity contribution in [2.45, 2.75) is 30.3 Å². The fourth-order valence-electron chi connectivity index (χ4n) is 3.22. The molecule has 1 aromatic carbocycles. The topological polar surface area (TPSA) is 74.3 Å². The van der Waals surface area contributed by atoms with E-state index in [0.717, 1.165) is 25.9 Å². The Labute approximate surface area is 149 Å². The number of nitrogens with one attached hydrogen (secondary N) is 2. The number of piperidine rings is 1. The maximum Gasteiger partial charge on any atom is 0.244 e. The summed E-state index contributed by atoms with van der Waals surface area (Å²) in [7, 11) is -1.93. The molecule has 1 unspecified atom stereocenters. The Morgan fingerprint density at radius 2 is 2.00 bits per heavy atom. The number of pyridine rings is 1. The minimum absolute atomic E-state index is 0.0904. The van der Waals surface area contributed by atoms with Crippen molar-refractivity contribution in [3.63, 3.8) is 0 Å². The first-order valence-electron chi connectivity index (χ1n) is 8.50. The highest BCUT2D eigenvalue weighted by Gasteiger charge is 2.27. The van der Waals surface area contributed by atoms with Crippen LogP contribution in [-0.4, -0.2) is 44.5 Å². The van der Waals surface area contributed by atoms with Gasteiger partial charge >= 0.3 is 0 Å². The lowest BCUT2D eigenvalue weighted by Crippen LogP contribution is -2.47. The highest BCUT2D eigenvalue weighted by molar-refractivity contribution is 7.89. The van der Waals surface area contributed by atoms with Crippen LogP contribution in [0.25, 0.3) is 0 Å². The van der Waals surface area contributed by atoms with Crippen LogP contribution in [0.1, 0.15) is 18.4 Å². The van der Waals surface area contributed by atoms with Gasteiger partial charge in [0.2, 0.25) is 10.0 Å². The molecule has 0 amide bonds. The zero-order valence-corrected chi connectivity index (χ0v) is 15.2. The quantitative estimate of drug-likeness (QED) is 0.825. The lowest BCUT2D eigenvalue weighted by Gasteiger charge is -2.33. The highest BCUT2D eigenvalue weighted by atomic mass is 32.2. The molecule has 1 atom stereocenters. The molecular formula is C18H24N4O2S. The van der Waals surface area contributed by atoms with E-state index in [-0.39, 0.29) is 10.9 Å². The first-order valence-corrected chi connectivity index (χ1v) is 9.98. The second kappa shape index (κ2) is 7.95. The summed E-state index contributed by atoms with van der Waals surface area (Å²) in [6.07, 6.45) is 3.40. The number of likely N-dealkylation sites (tertiary alicyclic amines) is 1. The Balaban J connectivity index is 1.67. The first-order chi connectivity index (χ1) is 12.1. The van der Waals surface area contributed by atoms with Crippen molar-refractivity contribution in [2.24, 2.45) is 0 Å². The van der Waals surface area contributed by atoms with E-state index in [1.54, 1.807) is 25.4 Å². The van der Waals surface area contributed by atoms with E-state index in [0.29, 0.717) is 12.4 Å². The molecule has 2 aromatic rings. The van der Waals surface area contributed by atoms with Crippen molar-refractivity contribution >= 4 is 15.8 Å². The molecule has 25 heavy (non-hydrogen) atoms. The molecule has 0 aliphatic carbocycles. The third kappa shape index (κ3) is 4.56. The Bertz CT molecular complexity index is 796. The summed E-state index contributed by atoms with van der Waals surface area (Å²) in [4.78, 5) is 6.58. The van der Waals surface area contributed by atoms with E-state index < -0.39 is 10.0 Å². The van der Waals surface area contributed by atoms with Gasteiger partial charge in [0, 0.05) is 32.4 Å². The van der Waals surface area contributed by atoms with Gasteiger partial charge in [-0.2, -0.15) is 0 Å². The minimum atomic E-state index is -3.60. The predicted octanol–water partition coefficient (Wildman–Crippen LogP) is 2.07. The van der Waals surface area contributed by atoms with Crippen molar-refractivity contribution in [1.82, 2.24) is 14.6 Å². The lowest BCUT2D eigenvalue weighted by atomic mass is 10.1. The molecule has 0 radical (unpaired) electrons. The van der Waals surface area contributed by atoms with Crippen LogP contribution < -0.4 is 10.0 Å². The molecule has 1 fully saturated rings. The van der Waals surface area contributed by atoms with Crippen molar-refractivity contribution in [2.75, 3.05) is 25.5 Å². The van der Waals surface area contributed by atoms with Gasteiger partial charge in [0.15, 0.2) is 0 Å². The van der Waals surface area contributed by atoms with Crippen LogP contribution >= 0.6 is 0 Å². The Morgan fingerprint density at radius 1 is 1.20 bits per heavy atom. The molecule has 2 heterocycles. The number of anilines is 1. The van der Waals surface area contributed by atoms with E-state index in [1.165, 1.54) is 5.56 Å². The molecule has 7 heteroatoms. The molecule has 134 valence electrons. The van der Waals surface area contributed by atoms with Crippen LogP contribution in [0.2, 0.25) is 0 Å². The number of nitrogens with zero attached hydrogens (tertiary/aromatic N) is 2. The predicted molar refractivity (Wildman–Crippen MR) is 98.8 cm³/mol. The summed E-state index contributed by atoms with van der Waals surface area (Å²) < 4.78 is 28.3. The zero-order chi connectivity index (χ0) is 17.7. The second-order valence-electron chi connectivity index (χ2n) is 6.28. The Hall–Kier alpha value is -1.96. The van der Waals surface area contributed by atoms with Crippen molar-refractivity contribution in [1.29, 1.82) is 0 Å². The Morgan fingerprint density at radius 3 is 2.76 bits per heavy atom.